The number of aromatic nitrogens is 4. The molecule has 0 bridgehead atoms. The Labute approximate surface area is 143 Å². The van der Waals surface area contributed by atoms with Crippen molar-refractivity contribution in [1.29, 1.82) is 0 Å². The Morgan fingerprint density at radius 3 is 2.83 bits per heavy atom. The molecule has 0 radical (unpaired) electrons. The van der Waals surface area contributed by atoms with Gasteiger partial charge in [0.25, 0.3) is 0 Å². The number of hydrogen-bond acceptors (Lipinski definition) is 6. The van der Waals surface area contributed by atoms with E-state index in [1.54, 1.807) is 16.0 Å². The molecule has 0 saturated heterocycles. The predicted octanol–water partition coefficient (Wildman–Crippen LogP) is 2.18. The largest absolute Gasteiger partial charge is 0.352 e. The second kappa shape index (κ2) is 6.60. The molecule has 2 aliphatic rings. The molecule has 2 saturated carbocycles. The highest BCUT2D eigenvalue weighted by atomic mass is 32.2. The molecule has 122 valence electrons. The van der Waals surface area contributed by atoms with Crippen molar-refractivity contribution in [3.05, 3.63) is 22.4 Å². The lowest BCUT2D eigenvalue weighted by Crippen LogP contribution is -2.39. The van der Waals surface area contributed by atoms with Crippen LogP contribution in [0, 0.1) is 11.8 Å². The minimum Gasteiger partial charge on any atom is -0.352 e. The van der Waals surface area contributed by atoms with Crippen LogP contribution in [-0.2, 0) is 11.3 Å². The maximum atomic E-state index is 12.2. The smallest absolute Gasteiger partial charge is 0.230 e. The molecule has 2 aliphatic carbocycles. The van der Waals surface area contributed by atoms with Crippen molar-refractivity contribution in [3.8, 4) is 0 Å². The van der Waals surface area contributed by atoms with E-state index in [0.29, 0.717) is 23.5 Å². The van der Waals surface area contributed by atoms with Crippen LogP contribution in [0.1, 0.15) is 30.6 Å². The fourth-order valence-corrected chi connectivity index (χ4v) is 4.21. The molecule has 0 unspecified atom stereocenters. The third-order valence-corrected chi connectivity index (χ3v) is 6.12. The van der Waals surface area contributed by atoms with Gasteiger partial charge in [0.05, 0.1) is 12.3 Å². The van der Waals surface area contributed by atoms with Gasteiger partial charge in [-0.05, 0) is 59.4 Å². The molecule has 23 heavy (non-hydrogen) atoms. The van der Waals surface area contributed by atoms with Gasteiger partial charge in [0.15, 0.2) is 0 Å². The zero-order valence-electron chi connectivity index (χ0n) is 12.7. The lowest BCUT2D eigenvalue weighted by Gasteiger charge is -2.17. The van der Waals surface area contributed by atoms with Gasteiger partial charge in [-0.1, -0.05) is 17.8 Å². The molecule has 2 aromatic heterocycles. The molecule has 2 heterocycles. The normalized spacial score (nSPS) is 17.6. The molecule has 4 rings (SSSR count). The Balaban J connectivity index is 1.30. The maximum Gasteiger partial charge on any atom is 0.230 e. The summed E-state index contributed by atoms with van der Waals surface area (Å²) in [4.78, 5) is 13.4. The fourth-order valence-electron chi connectivity index (χ4n) is 2.84. The number of nitrogens with zero attached hydrogens (tertiary/aromatic N) is 4. The highest BCUT2D eigenvalue weighted by Gasteiger charge is 2.42. The fraction of sp³-hybridized carbons (Fsp3) is 0.600. The van der Waals surface area contributed by atoms with E-state index in [9.17, 15) is 4.79 Å². The van der Waals surface area contributed by atoms with Crippen molar-refractivity contribution >= 4 is 29.0 Å². The molecule has 0 aromatic carbocycles. The van der Waals surface area contributed by atoms with Crippen LogP contribution in [0.4, 0.5) is 0 Å². The van der Waals surface area contributed by atoms with Gasteiger partial charge in [-0.25, -0.2) is 4.68 Å². The second-order valence-electron chi connectivity index (χ2n) is 6.26. The Kier molecular flexibility index (Phi) is 4.35. The summed E-state index contributed by atoms with van der Waals surface area (Å²) in [5, 5.41) is 17.7. The van der Waals surface area contributed by atoms with Crippen LogP contribution in [0.2, 0.25) is 0 Å². The van der Waals surface area contributed by atoms with Crippen LogP contribution in [0.15, 0.2) is 22.7 Å². The molecule has 8 heteroatoms. The quantitative estimate of drug-likeness (QED) is 0.740. The Morgan fingerprint density at radius 1 is 1.39 bits per heavy atom. The number of nitrogens with one attached hydrogen (secondary N) is 1. The van der Waals surface area contributed by atoms with Crippen LogP contribution in [0.25, 0.3) is 0 Å². The molecule has 2 aromatic rings. The average molecular weight is 349 g/mol. The molecule has 2 fully saturated rings. The third kappa shape index (κ3) is 3.92. The first kappa shape index (κ1) is 15.1. The Hall–Kier alpha value is -1.41. The van der Waals surface area contributed by atoms with E-state index in [2.05, 4.69) is 26.9 Å². The van der Waals surface area contributed by atoms with Crippen molar-refractivity contribution in [3.63, 3.8) is 0 Å². The van der Waals surface area contributed by atoms with Crippen LogP contribution >= 0.6 is 23.1 Å². The van der Waals surface area contributed by atoms with Crippen molar-refractivity contribution in [2.75, 3.05) is 5.75 Å². The topological polar surface area (TPSA) is 72.7 Å². The van der Waals surface area contributed by atoms with Gasteiger partial charge in [-0.3, -0.25) is 4.79 Å². The molecule has 0 spiro atoms. The first-order valence-electron chi connectivity index (χ1n) is 8.00. The maximum absolute atomic E-state index is 12.2. The van der Waals surface area contributed by atoms with E-state index < -0.39 is 0 Å². The van der Waals surface area contributed by atoms with E-state index in [4.69, 9.17) is 0 Å². The van der Waals surface area contributed by atoms with Crippen molar-refractivity contribution in [2.45, 2.75) is 43.4 Å². The van der Waals surface area contributed by atoms with E-state index in [1.165, 1.54) is 42.3 Å². The van der Waals surface area contributed by atoms with Crippen molar-refractivity contribution in [2.24, 2.45) is 11.8 Å². The molecular weight excluding hydrogens is 330 g/mol. The number of rotatable bonds is 8. The summed E-state index contributed by atoms with van der Waals surface area (Å²) in [5.74, 6) is 1.92. The van der Waals surface area contributed by atoms with Crippen molar-refractivity contribution < 1.29 is 4.79 Å². The lowest BCUT2D eigenvalue weighted by molar-refractivity contribution is -0.119. The number of thioether (sulfide) groups is 1. The summed E-state index contributed by atoms with van der Waals surface area (Å²) in [6, 6.07) is 4.48. The highest BCUT2D eigenvalue weighted by molar-refractivity contribution is 7.99. The summed E-state index contributed by atoms with van der Waals surface area (Å²) in [6.45, 7) is 0.654. The van der Waals surface area contributed by atoms with Gasteiger partial charge in [0.2, 0.25) is 11.1 Å². The zero-order chi connectivity index (χ0) is 15.6. The SMILES string of the molecule is O=C(CSc1nnnn1Cc1cccs1)NC(C1CC1)C1CC1. The number of hydrogen-bond donors (Lipinski definition) is 1. The highest BCUT2D eigenvalue weighted by Crippen LogP contribution is 2.44. The number of carbonyl (C=O) groups is 1. The van der Waals surface area contributed by atoms with Crippen molar-refractivity contribution in [1.82, 2.24) is 25.5 Å². The van der Waals surface area contributed by atoms with Gasteiger partial charge < -0.3 is 5.32 Å². The first-order chi connectivity index (χ1) is 11.3. The summed E-state index contributed by atoms with van der Waals surface area (Å²) in [5.41, 5.74) is 0. The third-order valence-electron chi connectivity index (χ3n) is 4.30. The van der Waals surface area contributed by atoms with Crippen LogP contribution in [-0.4, -0.2) is 37.9 Å². The molecule has 0 aliphatic heterocycles. The summed E-state index contributed by atoms with van der Waals surface area (Å²) in [6.07, 6.45) is 5.09. The number of amides is 1. The van der Waals surface area contributed by atoms with Gasteiger partial charge in [-0.15, -0.1) is 16.4 Å². The average Bonchev–Trinajstić information content (AvgIpc) is 3.47. The summed E-state index contributed by atoms with van der Waals surface area (Å²) < 4.78 is 1.75. The van der Waals surface area contributed by atoms with Gasteiger partial charge in [0, 0.05) is 10.9 Å². The monoisotopic (exact) mass is 349 g/mol. The standard InChI is InChI=1S/C15H19N5OS2/c21-13(16-14(10-3-4-10)11-5-6-11)9-23-15-17-18-19-20(15)8-12-2-1-7-22-12/h1-2,7,10-11,14H,3-6,8-9H2,(H,16,21). The second-order valence-corrected chi connectivity index (χ2v) is 8.23. The van der Waals surface area contributed by atoms with E-state index in [-0.39, 0.29) is 5.91 Å². The Morgan fingerprint density at radius 2 is 2.17 bits per heavy atom. The molecule has 1 amide bonds. The van der Waals surface area contributed by atoms with E-state index in [0.717, 1.165) is 11.8 Å². The number of thiophene rings is 1. The van der Waals surface area contributed by atoms with Gasteiger partial charge in [0.1, 0.15) is 0 Å². The molecular formula is C15H19N5OS2. The first-order valence-corrected chi connectivity index (χ1v) is 9.87. The van der Waals surface area contributed by atoms with Crippen LogP contribution in [0.3, 0.4) is 0 Å². The minimum absolute atomic E-state index is 0.101. The minimum atomic E-state index is 0.101. The molecule has 6 nitrogen and oxygen atoms in total. The van der Waals surface area contributed by atoms with Gasteiger partial charge >= 0.3 is 0 Å². The predicted molar refractivity (Wildman–Crippen MR) is 89.3 cm³/mol. The lowest BCUT2D eigenvalue weighted by atomic mass is 10.1. The van der Waals surface area contributed by atoms with Crippen LogP contribution < -0.4 is 5.32 Å². The number of tetrazole rings is 1. The molecule has 0 atom stereocenters. The van der Waals surface area contributed by atoms with E-state index >= 15 is 0 Å². The van der Waals surface area contributed by atoms with Gasteiger partial charge in [-0.2, -0.15) is 0 Å². The zero-order valence-corrected chi connectivity index (χ0v) is 14.4. The summed E-state index contributed by atoms with van der Waals surface area (Å²) in [7, 11) is 0. The van der Waals surface area contributed by atoms with E-state index in [1.807, 2.05) is 11.4 Å². The van der Waals surface area contributed by atoms with Crippen LogP contribution in [0.5, 0.6) is 0 Å². The summed E-state index contributed by atoms with van der Waals surface area (Å²) >= 11 is 3.09. The molecule has 1 N–H and O–H groups in total. The number of carbonyl (C=O) groups excluding carboxylic acids is 1. The Bertz CT molecular complexity index is 651.